The molecular weight excluding hydrogens is 242 g/mol. The van der Waals surface area contributed by atoms with E-state index in [1.54, 1.807) is 0 Å². The van der Waals surface area contributed by atoms with Crippen LogP contribution in [0.4, 0.5) is 17.6 Å². The molecule has 94 valence electrons. The highest BCUT2D eigenvalue weighted by atomic mass is 19.2. The van der Waals surface area contributed by atoms with Gasteiger partial charge in [-0.3, -0.25) is 4.79 Å². The van der Waals surface area contributed by atoms with Gasteiger partial charge in [0.25, 0.3) is 5.91 Å². The smallest absolute Gasteiger partial charge is 0.257 e. The van der Waals surface area contributed by atoms with Gasteiger partial charge >= 0.3 is 0 Å². The Morgan fingerprint density at radius 3 is 2.18 bits per heavy atom. The zero-order chi connectivity index (χ0) is 13.2. The van der Waals surface area contributed by atoms with E-state index in [-0.39, 0.29) is 12.6 Å². The van der Waals surface area contributed by atoms with E-state index in [4.69, 9.17) is 5.11 Å². The summed E-state index contributed by atoms with van der Waals surface area (Å²) in [4.78, 5) is 11.3. The molecule has 0 fully saturated rings. The molecule has 0 aliphatic carbocycles. The highest BCUT2D eigenvalue weighted by Crippen LogP contribution is 2.19. The van der Waals surface area contributed by atoms with Crippen LogP contribution in [0.3, 0.4) is 0 Å². The van der Waals surface area contributed by atoms with Crippen LogP contribution >= 0.6 is 0 Å². The molecule has 1 amide bonds. The summed E-state index contributed by atoms with van der Waals surface area (Å²) in [6.07, 6.45) is -0.955. The van der Waals surface area contributed by atoms with Gasteiger partial charge in [-0.15, -0.1) is 0 Å². The van der Waals surface area contributed by atoms with Crippen molar-refractivity contribution < 1.29 is 27.5 Å². The van der Waals surface area contributed by atoms with Gasteiger partial charge in [0, 0.05) is 12.6 Å². The van der Waals surface area contributed by atoms with Crippen LogP contribution in [0.25, 0.3) is 0 Å². The van der Waals surface area contributed by atoms with Crippen LogP contribution in [0.1, 0.15) is 17.3 Å². The molecule has 1 atom stereocenters. The molecule has 0 aliphatic heterocycles. The summed E-state index contributed by atoms with van der Waals surface area (Å²) in [6, 6.07) is 0.0100. The maximum absolute atomic E-state index is 13.1. The predicted octanol–water partition coefficient (Wildman–Crippen LogP) is 1.35. The fourth-order valence-electron chi connectivity index (χ4n) is 1.10. The van der Waals surface area contributed by atoms with Gasteiger partial charge in [0.1, 0.15) is 5.56 Å². The molecule has 0 aliphatic rings. The van der Waals surface area contributed by atoms with Gasteiger partial charge in [-0.05, 0) is 6.92 Å². The number of hydrogen-bond acceptors (Lipinski definition) is 2. The molecule has 0 aromatic heterocycles. The SMILES string of the molecule is CC(O)CNC(=O)c1c(F)c(F)cc(F)c1F. The lowest BCUT2D eigenvalue weighted by Gasteiger charge is -2.09. The van der Waals surface area contributed by atoms with Crippen molar-refractivity contribution in [2.24, 2.45) is 0 Å². The third-order valence-corrected chi connectivity index (χ3v) is 1.90. The Morgan fingerprint density at radius 1 is 1.29 bits per heavy atom. The largest absolute Gasteiger partial charge is 0.392 e. The van der Waals surface area contributed by atoms with Crippen molar-refractivity contribution in [3.8, 4) is 0 Å². The monoisotopic (exact) mass is 251 g/mol. The predicted molar refractivity (Wildman–Crippen MR) is 50.3 cm³/mol. The normalized spacial score (nSPS) is 12.4. The topological polar surface area (TPSA) is 49.3 Å². The lowest BCUT2D eigenvalue weighted by molar-refractivity contribution is 0.0913. The van der Waals surface area contributed by atoms with Gasteiger partial charge in [-0.1, -0.05) is 0 Å². The number of carbonyl (C=O) groups is 1. The highest BCUT2D eigenvalue weighted by molar-refractivity contribution is 5.94. The van der Waals surface area contributed by atoms with Crippen LogP contribution in [0.15, 0.2) is 6.07 Å². The van der Waals surface area contributed by atoms with Gasteiger partial charge in [0.15, 0.2) is 23.3 Å². The van der Waals surface area contributed by atoms with Crippen LogP contribution < -0.4 is 5.32 Å². The molecule has 7 heteroatoms. The molecule has 1 unspecified atom stereocenters. The summed E-state index contributed by atoms with van der Waals surface area (Å²) in [5.74, 6) is -8.20. The summed E-state index contributed by atoms with van der Waals surface area (Å²) in [7, 11) is 0. The maximum Gasteiger partial charge on any atom is 0.257 e. The van der Waals surface area contributed by atoms with Crippen molar-refractivity contribution in [3.05, 3.63) is 34.9 Å². The number of rotatable bonds is 3. The molecule has 0 bridgehead atoms. The minimum Gasteiger partial charge on any atom is -0.392 e. The molecule has 1 aromatic rings. The third-order valence-electron chi connectivity index (χ3n) is 1.90. The van der Waals surface area contributed by atoms with Crippen LogP contribution in [-0.4, -0.2) is 23.7 Å². The number of amides is 1. The van der Waals surface area contributed by atoms with Crippen molar-refractivity contribution in [1.29, 1.82) is 0 Å². The molecule has 0 saturated heterocycles. The summed E-state index contributed by atoms with van der Waals surface area (Å²) in [5.41, 5.74) is -1.34. The minimum atomic E-state index is -1.77. The number of aliphatic hydroxyl groups excluding tert-OH is 1. The summed E-state index contributed by atoms with van der Waals surface area (Å²) in [6.45, 7) is 1.02. The van der Waals surface area contributed by atoms with E-state index in [0.717, 1.165) is 0 Å². The van der Waals surface area contributed by atoms with Crippen LogP contribution in [0.2, 0.25) is 0 Å². The average molecular weight is 251 g/mol. The molecule has 3 nitrogen and oxygen atoms in total. The number of nitrogens with one attached hydrogen (secondary N) is 1. The second-order valence-electron chi connectivity index (χ2n) is 3.40. The standard InChI is InChI=1S/C10H9F4NO2/c1-4(16)3-15-10(17)7-8(13)5(11)2-6(12)9(7)14/h2,4,16H,3H2,1H3,(H,15,17). The second kappa shape index (κ2) is 5.13. The maximum atomic E-state index is 13.1. The van der Waals surface area contributed by atoms with Gasteiger partial charge in [-0.25, -0.2) is 17.6 Å². The number of carbonyl (C=O) groups excluding carboxylic acids is 1. The van der Waals surface area contributed by atoms with E-state index in [0.29, 0.717) is 0 Å². The molecule has 1 aromatic carbocycles. The van der Waals surface area contributed by atoms with E-state index in [1.165, 1.54) is 6.92 Å². The van der Waals surface area contributed by atoms with Crippen LogP contribution in [0.5, 0.6) is 0 Å². The summed E-state index contributed by atoms with van der Waals surface area (Å²) < 4.78 is 51.8. The lowest BCUT2D eigenvalue weighted by atomic mass is 10.1. The second-order valence-corrected chi connectivity index (χ2v) is 3.40. The van der Waals surface area contributed by atoms with Gasteiger partial charge < -0.3 is 10.4 Å². The molecule has 0 heterocycles. The van der Waals surface area contributed by atoms with E-state index in [2.05, 4.69) is 0 Å². The van der Waals surface area contributed by atoms with Gasteiger partial charge in [0.05, 0.1) is 6.10 Å². The first-order valence-electron chi connectivity index (χ1n) is 4.63. The Morgan fingerprint density at radius 2 is 1.76 bits per heavy atom. The van der Waals surface area contributed by atoms with E-state index in [9.17, 15) is 22.4 Å². The molecule has 2 N–H and O–H groups in total. The highest BCUT2D eigenvalue weighted by Gasteiger charge is 2.24. The molecule has 0 saturated carbocycles. The first-order chi connectivity index (χ1) is 7.84. The van der Waals surface area contributed by atoms with Crippen molar-refractivity contribution >= 4 is 5.91 Å². The number of hydrogen-bond donors (Lipinski definition) is 2. The Balaban J connectivity index is 3.08. The molecule has 0 spiro atoms. The third kappa shape index (κ3) is 2.94. The molecule has 17 heavy (non-hydrogen) atoms. The van der Waals surface area contributed by atoms with Crippen molar-refractivity contribution in [2.45, 2.75) is 13.0 Å². The molecule has 0 radical (unpaired) electrons. The van der Waals surface area contributed by atoms with Crippen LogP contribution in [-0.2, 0) is 0 Å². The fraction of sp³-hybridized carbons (Fsp3) is 0.300. The Hall–Kier alpha value is -1.63. The Bertz CT molecular complexity index is 422. The minimum absolute atomic E-state index is 0.0100. The summed E-state index contributed by atoms with van der Waals surface area (Å²) in [5, 5.41) is 10.8. The Kier molecular flexibility index (Phi) is 4.06. The number of aliphatic hydroxyl groups is 1. The Labute approximate surface area is 94.1 Å². The molecular formula is C10H9F4NO2. The van der Waals surface area contributed by atoms with Gasteiger partial charge in [-0.2, -0.15) is 0 Å². The number of halogens is 4. The first-order valence-corrected chi connectivity index (χ1v) is 4.63. The van der Waals surface area contributed by atoms with E-state index >= 15 is 0 Å². The van der Waals surface area contributed by atoms with Crippen molar-refractivity contribution in [1.82, 2.24) is 5.32 Å². The zero-order valence-electron chi connectivity index (χ0n) is 8.73. The van der Waals surface area contributed by atoms with Crippen LogP contribution in [0, 0.1) is 23.3 Å². The fourth-order valence-corrected chi connectivity index (χ4v) is 1.10. The van der Waals surface area contributed by atoms with E-state index in [1.807, 2.05) is 5.32 Å². The summed E-state index contributed by atoms with van der Waals surface area (Å²) >= 11 is 0. The quantitative estimate of drug-likeness (QED) is 0.629. The first kappa shape index (κ1) is 13.4. The molecule has 1 rings (SSSR count). The zero-order valence-corrected chi connectivity index (χ0v) is 8.73. The van der Waals surface area contributed by atoms with Crippen molar-refractivity contribution in [2.75, 3.05) is 6.54 Å². The van der Waals surface area contributed by atoms with E-state index < -0.39 is 40.8 Å². The average Bonchev–Trinajstić information content (AvgIpc) is 2.24. The van der Waals surface area contributed by atoms with Crippen molar-refractivity contribution in [3.63, 3.8) is 0 Å². The number of benzene rings is 1. The lowest BCUT2D eigenvalue weighted by Crippen LogP contribution is -2.32. The van der Waals surface area contributed by atoms with Gasteiger partial charge in [0.2, 0.25) is 0 Å².